The molecular formula is C12H16O3. The van der Waals surface area contributed by atoms with E-state index >= 15 is 0 Å². The lowest BCUT2D eigenvalue weighted by Gasteiger charge is -2.05. The van der Waals surface area contributed by atoms with E-state index in [4.69, 9.17) is 4.89 Å². The maximum atomic E-state index is 11.5. The fraction of sp³-hybridized carbons (Fsp3) is 0.417. The van der Waals surface area contributed by atoms with E-state index < -0.39 is 5.97 Å². The Morgan fingerprint density at radius 1 is 1.33 bits per heavy atom. The van der Waals surface area contributed by atoms with Gasteiger partial charge in [0.15, 0.2) is 0 Å². The summed E-state index contributed by atoms with van der Waals surface area (Å²) >= 11 is 0. The third kappa shape index (κ3) is 3.36. The third-order valence-corrected chi connectivity index (χ3v) is 2.02. The molecule has 0 N–H and O–H groups in total. The minimum Gasteiger partial charge on any atom is -0.293 e. The Bertz CT molecular complexity index is 345. The first-order valence-corrected chi connectivity index (χ1v) is 5.06. The molecule has 0 saturated carbocycles. The molecule has 0 saturated heterocycles. The molecule has 0 fully saturated rings. The standard InChI is InChI=1S/C12H16O3/c1-4-7-14-15-12(13)11-6-5-9(2)8-10(11)3/h5-6,8H,4,7H2,1-3H3. The van der Waals surface area contributed by atoms with Crippen LogP contribution in [0.5, 0.6) is 0 Å². The van der Waals surface area contributed by atoms with Crippen LogP contribution in [0, 0.1) is 13.8 Å². The quantitative estimate of drug-likeness (QED) is 0.433. The van der Waals surface area contributed by atoms with Gasteiger partial charge in [-0.05, 0) is 31.9 Å². The van der Waals surface area contributed by atoms with Crippen molar-refractivity contribution in [2.75, 3.05) is 6.61 Å². The van der Waals surface area contributed by atoms with Gasteiger partial charge in [-0.3, -0.25) is 4.89 Å². The van der Waals surface area contributed by atoms with E-state index in [1.165, 1.54) is 0 Å². The van der Waals surface area contributed by atoms with E-state index in [0.717, 1.165) is 17.5 Å². The molecule has 0 atom stereocenters. The van der Waals surface area contributed by atoms with Gasteiger partial charge in [0.05, 0.1) is 12.2 Å². The van der Waals surface area contributed by atoms with E-state index in [1.54, 1.807) is 6.07 Å². The number of carbonyl (C=O) groups excluding carboxylic acids is 1. The predicted molar refractivity (Wildman–Crippen MR) is 57.6 cm³/mol. The molecule has 0 aromatic heterocycles. The highest BCUT2D eigenvalue weighted by molar-refractivity contribution is 5.90. The predicted octanol–water partition coefficient (Wildman–Crippen LogP) is 2.80. The summed E-state index contributed by atoms with van der Waals surface area (Å²) in [5.41, 5.74) is 2.58. The minimum atomic E-state index is -0.430. The largest absolute Gasteiger partial charge is 0.373 e. The molecule has 0 heterocycles. The summed E-state index contributed by atoms with van der Waals surface area (Å²) in [5.74, 6) is -0.430. The van der Waals surface area contributed by atoms with Gasteiger partial charge in [-0.1, -0.05) is 24.6 Å². The Morgan fingerprint density at radius 3 is 2.67 bits per heavy atom. The first kappa shape index (κ1) is 11.7. The fourth-order valence-electron chi connectivity index (χ4n) is 1.27. The van der Waals surface area contributed by atoms with Gasteiger partial charge >= 0.3 is 5.97 Å². The maximum Gasteiger partial charge on any atom is 0.373 e. The number of hydrogen-bond donors (Lipinski definition) is 0. The van der Waals surface area contributed by atoms with Crippen molar-refractivity contribution in [3.05, 3.63) is 34.9 Å². The second kappa shape index (κ2) is 5.51. The monoisotopic (exact) mass is 208 g/mol. The molecule has 0 amide bonds. The minimum absolute atomic E-state index is 0.427. The molecule has 0 spiro atoms. The van der Waals surface area contributed by atoms with Crippen molar-refractivity contribution in [3.63, 3.8) is 0 Å². The Morgan fingerprint density at radius 2 is 2.07 bits per heavy atom. The summed E-state index contributed by atoms with van der Waals surface area (Å²) in [6, 6.07) is 5.57. The van der Waals surface area contributed by atoms with Crippen LogP contribution in [0.25, 0.3) is 0 Å². The van der Waals surface area contributed by atoms with Crippen molar-refractivity contribution >= 4 is 5.97 Å². The lowest BCUT2D eigenvalue weighted by Crippen LogP contribution is -2.08. The summed E-state index contributed by atoms with van der Waals surface area (Å²) in [7, 11) is 0. The topological polar surface area (TPSA) is 35.5 Å². The van der Waals surface area contributed by atoms with Crippen LogP contribution in [-0.4, -0.2) is 12.6 Å². The number of benzene rings is 1. The Labute approximate surface area is 89.9 Å². The molecule has 82 valence electrons. The number of carbonyl (C=O) groups is 1. The molecule has 1 rings (SSSR count). The molecule has 0 aliphatic heterocycles. The smallest absolute Gasteiger partial charge is 0.293 e. The number of aryl methyl sites for hydroxylation is 2. The first-order chi connectivity index (χ1) is 7.15. The number of rotatable bonds is 4. The SMILES string of the molecule is CCCOOC(=O)c1ccc(C)cc1C. The average Bonchev–Trinajstić information content (AvgIpc) is 2.17. The van der Waals surface area contributed by atoms with Crippen molar-refractivity contribution in [2.24, 2.45) is 0 Å². The Kier molecular flexibility index (Phi) is 4.31. The molecule has 0 unspecified atom stereocenters. The normalized spacial score (nSPS) is 10.1. The first-order valence-electron chi connectivity index (χ1n) is 5.06. The van der Waals surface area contributed by atoms with Gasteiger partial charge in [0.1, 0.15) is 0 Å². The summed E-state index contributed by atoms with van der Waals surface area (Å²) < 4.78 is 0. The van der Waals surface area contributed by atoms with Crippen molar-refractivity contribution in [1.29, 1.82) is 0 Å². The lowest BCUT2D eigenvalue weighted by molar-refractivity contribution is -0.240. The molecular weight excluding hydrogens is 192 g/mol. The third-order valence-electron chi connectivity index (χ3n) is 2.02. The van der Waals surface area contributed by atoms with Crippen LogP contribution in [0.4, 0.5) is 0 Å². The van der Waals surface area contributed by atoms with Crippen molar-refractivity contribution in [2.45, 2.75) is 27.2 Å². The number of hydrogen-bond acceptors (Lipinski definition) is 3. The average molecular weight is 208 g/mol. The van der Waals surface area contributed by atoms with Crippen LogP contribution in [0.2, 0.25) is 0 Å². The molecule has 15 heavy (non-hydrogen) atoms. The van der Waals surface area contributed by atoms with Gasteiger partial charge in [0, 0.05) is 0 Å². The van der Waals surface area contributed by atoms with E-state index in [-0.39, 0.29) is 0 Å². The van der Waals surface area contributed by atoms with Crippen molar-refractivity contribution < 1.29 is 14.6 Å². The zero-order valence-corrected chi connectivity index (χ0v) is 9.37. The highest BCUT2D eigenvalue weighted by Gasteiger charge is 2.10. The second-order valence-corrected chi connectivity index (χ2v) is 3.51. The summed E-state index contributed by atoms with van der Waals surface area (Å²) in [6.07, 6.45) is 0.820. The Balaban J connectivity index is 2.65. The molecule has 3 heteroatoms. The lowest BCUT2D eigenvalue weighted by atomic mass is 10.1. The second-order valence-electron chi connectivity index (χ2n) is 3.51. The van der Waals surface area contributed by atoms with E-state index in [1.807, 2.05) is 32.9 Å². The van der Waals surface area contributed by atoms with Crippen LogP contribution >= 0.6 is 0 Å². The van der Waals surface area contributed by atoms with E-state index in [0.29, 0.717) is 12.2 Å². The summed E-state index contributed by atoms with van der Waals surface area (Å²) in [6.45, 7) is 6.24. The van der Waals surface area contributed by atoms with Gasteiger partial charge in [0.2, 0.25) is 0 Å². The summed E-state index contributed by atoms with van der Waals surface area (Å²) in [4.78, 5) is 20.9. The maximum absolute atomic E-state index is 11.5. The van der Waals surface area contributed by atoms with Gasteiger partial charge in [-0.2, -0.15) is 4.89 Å². The highest BCUT2D eigenvalue weighted by atomic mass is 17.2. The molecule has 0 radical (unpaired) electrons. The van der Waals surface area contributed by atoms with Crippen LogP contribution in [0.3, 0.4) is 0 Å². The van der Waals surface area contributed by atoms with Gasteiger partial charge in [-0.25, -0.2) is 4.79 Å². The van der Waals surface area contributed by atoms with E-state index in [2.05, 4.69) is 4.89 Å². The van der Waals surface area contributed by atoms with Crippen LogP contribution in [0.1, 0.15) is 34.8 Å². The van der Waals surface area contributed by atoms with Crippen LogP contribution in [-0.2, 0) is 9.78 Å². The summed E-state index contributed by atoms with van der Waals surface area (Å²) in [5, 5.41) is 0. The van der Waals surface area contributed by atoms with E-state index in [9.17, 15) is 4.79 Å². The molecule has 1 aromatic carbocycles. The molecule has 0 aliphatic carbocycles. The van der Waals surface area contributed by atoms with Gasteiger partial charge in [-0.15, -0.1) is 0 Å². The molecule has 0 aliphatic rings. The van der Waals surface area contributed by atoms with Crippen molar-refractivity contribution in [1.82, 2.24) is 0 Å². The molecule has 1 aromatic rings. The fourth-order valence-corrected chi connectivity index (χ4v) is 1.27. The van der Waals surface area contributed by atoms with Crippen LogP contribution in [0.15, 0.2) is 18.2 Å². The van der Waals surface area contributed by atoms with Gasteiger partial charge in [0.25, 0.3) is 0 Å². The highest BCUT2D eigenvalue weighted by Crippen LogP contribution is 2.11. The molecule has 0 bridgehead atoms. The Hall–Kier alpha value is -1.35. The molecule has 3 nitrogen and oxygen atoms in total. The zero-order valence-electron chi connectivity index (χ0n) is 9.37. The zero-order chi connectivity index (χ0) is 11.3. The van der Waals surface area contributed by atoms with Crippen molar-refractivity contribution in [3.8, 4) is 0 Å². The van der Waals surface area contributed by atoms with Crippen LogP contribution < -0.4 is 0 Å². The van der Waals surface area contributed by atoms with Gasteiger partial charge < -0.3 is 0 Å².